The number of benzene rings is 6. The Labute approximate surface area is 487 Å². The van der Waals surface area contributed by atoms with Gasteiger partial charge in [0.1, 0.15) is 5.58 Å². The number of fused-ring (bicyclic) bond motifs is 11. The first kappa shape index (κ1) is 53.3. The highest BCUT2D eigenvalue weighted by Crippen LogP contribution is 2.63. The third-order valence-corrected chi connectivity index (χ3v) is 23.0. The molecule has 2 unspecified atom stereocenters. The molecule has 14 rings (SSSR count). The molecule has 0 amide bonds. The van der Waals surface area contributed by atoms with Crippen LogP contribution in [0.5, 0.6) is 0 Å². The summed E-state index contributed by atoms with van der Waals surface area (Å²) in [5.41, 5.74) is 26.3. The van der Waals surface area contributed by atoms with Crippen molar-refractivity contribution < 1.29 is 4.42 Å². The van der Waals surface area contributed by atoms with E-state index in [4.69, 9.17) is 4.42 Å². The van der Waals surface area contributed by atoms with Gasteiger partial charge in [-0.05, 0) is 213 Å². The van der Waals surface area contributed by atoms with Gasteiger partial charge in [0.2, 0.25) is 0 Å². The predicted octanol–water partition coefficient (Wildman–Crippen LogP) is 19.6. The Morgan fingerprint density at radius 3 is 1.64 bits per heavy atom. The van der Waals surface area contributed by atoms with E-state index < -0.39 is 0 Å². The zero-order chi connectivity index (χ0) is 56.9. The Kier molecular flexibility index (Phi) is 11.5. The van der Waals surface area contributed by atoms with Gasteiger partial charge in [-0.25, -0.2) is 0 Å². The average Bonchev–Trinajstić information content (AvgIpc) is 2.35. The van der Waals surface area contributed by atoms with Crippen LogP contribution in [0.25, 0.3) is 11.0 Å². The molecule has 3 aliphatic heterocycles. The van der Waals surface area contributed by atoms with Gasteiger partial charge in [0.15, 0.2) is 0 Å². The van der Waals surface area contributed by atoms with Gasteiger partial charge in [0, 0.05) is 50.6 Å². The lowest BCUT2D eigenvalue weighted by Gasteiger charge is -2.51. The molecule has 1 aromatic heterocycles. The van der Waals surface area contributed by atoms with Crippen LogP contribution in [0.3, 0.4) is 0 Å². The van der Waals surface area contributed by atoms with Crippen LogP contribution in [0.2, 0.25) is 0 Å². The van der Waals surface area contributed by atoms with Crippen molar-refractivity contribution in [3.8, 4) is 0 Å². The standard InChI is InChI=1S/C76H92BN3O/c1-69(2,3)49-38-50(70(4,5)6)40-52(39-49)78-62-45-58-57(72(9,10)35-36-73(58,11)12)44-60(62)77-66-63(78)41-53(80-61-27-21-20-26-55(61)75(15)32-22-23-33-76(75,80)16)42-64(66)79(51-30-28-48(29-31-51)47-24-18-17-19-25-47)67-54-43-56-59(46-65(54)81-68(67)77)74(13,14)37-34-71(56,7)8/h20-21,26-31,38-47H,17-19,22-25,32-37H2,1-16H3. The Hall–Kier alpha value is -5.68. The molecular formula is C76H92BN3O. The molecule has 4 nitrogen and oxygen atoms in total. The fourth-order valence-electron chi connectivity index (χ4n) is 17.3. The molecule has 5 heteroatoms. The van der Waals surface area contributed by atoms with Crippen LogP contribution in [-0.2, 0) is 37.9 Å². The molecule has 7 aromatic rings. The molecule has 4 heterocycles. The van der Waals surface area contributed by atoms with Crippen molar-refractivity contribution in [2.75, 3.05) is 14.7 Å². The first-order valence-corrected chi connectivity index (χ1v) is 31.9. The van der Waals surface area contributed by atoms with Gasteiger partial charge in [-0.1, -0.05) is 178 Å². The first-order valence-electron chi connectivity index (χ1n) is 31.9. The first-order chi connectivity index (χ1) is 38.1. The van der Waals surface area contributed by atoms with Crippen LogP contribution in [-0.4, -0.2) is 12.3 Å². The van der Waals surface area contributed by atoms with Crippen LogP contribution in [0.1, 0.15) is 245 Å². The smallest absolute Gasteiger partial charge is 0.297 e. The van der Waals surface area contributed by atoms with Gasteiger partial charge in [0.05, 0.1) is 16.9 Å². The van der Waals surface area contributed by atoms with Crippen molar-refractivity contribution in [3.63, 3.8) is 0 Å². The van der Waals surface area contributed by atoms with E-state index in [0.717, 1.165) is 43.3 Å². The second-order valence-corrected chi connectivity index (χ2v) is 32.1. The Balaban J connectivity index is 1.15. The maximum Gasteiger partial charge on any atom is 0.297 e. The number of para-hydroxylation sites is 1. The summed E-state index contributed by atoms with van der Waals surface area (Å²) in [6.07, 6.45) is 16.0. The summed E-state index contributed by atoms with van der Waals surface area (Å²) in [6, 6.07) is 42.9. The normalized spacial score (nSPS) is 24.0. The van der Waals surface area contributed by atoms with Gasteiger partial charge in [-0.2, -0.15) is 0 Å². The molecule has 6 aromatic carbocycles. The molecule has 2 atom stereocenters. The van der Waals surface area contributed by atoms with E-state index in [0.29, 0.717) is 5.92 Å². The highest BCUT2D eigenvalue weighted by molar-refractivity contribution is 7.00. The lowest BCUT2D eigenvalue weighted by Crippen LogP contribution is -2.61. The third-order valence-electron chi connectivity index (χ3n) is 23.0. The average molecular weight is 1070 g/mol. The maximum absolute atomic E-state index is 7.91. The lowest BCUT2D eigenvalue weighted by molar-refractivity contribution is 0.195. The van der Waals surface area contributed by atoms with Crippen LogP contribution < -0.4 is 31.3 Å². The minimum Gasteiger partial charge on any atom is -0.468 e. The van der Waals surface area contributed by atoms with Crippen molar-refractivity contribution in [1.29, 1.82) is 0 Å². The molecule has 2 saturated carbocycles. The highest BCUT2D eigenvalue weighted by atomic mass is 16.3. The number of hydrogen-bond donors (Lipinski definition) is 0. The largest absolute Gasteiger partial charge is 0.468 e. The van der Waals surface area contributed by atoms with Crippen molar-refractivity contribution in [3.05, 3.63) is 148 Å². The molecular weight excluding hydrogens is 982 g/mol. The molecule has 0 saturated heterocycles. The van der Waals surface area contributed by atoms with Gasteiger partial charge in [-0.15, -0.1) is 0 Å². The molecule has 0 N–H and O–H groups in total. The molecule has 420 valence electrons. The summed E-state index contributed by atoms with van der Waals surface area (Å²) < 4.78 is 7.91. The van der Waals surface area contributed by atoms with Crippen molar-refractivity contribution in [2.24, 2.45) is 0 Å². The van der Waals surface area contributed by atoms with E-state index in [9.17, 15) is 0 Å². The summed E-state index contributed by atoms with van der Waals surface area (Å²) in [5, 5.41) is 1.23. The third kappa shape index (κ3) is 7.80. The quantitative estimate of drug-likeness (QED) is 0.164. The van der Waals surface area contributed by atoms with E-state index >= 15 is 0 Å². The summed E-state index contributed by atoms with van der Waals surface area (Å²) in [4.78, 5) is 8.33. The Bertz CT molecular complexity index is 3700. The van der Waals surface area contributed by atoms with E-state index in [-0.39, 0.29) is 50.2 Å². The topological polar surface area (TPSA) is 22.9 Å². The van der Waals surface area contributed by atoms with Crippen molar-refractivity contribution >= 4 is 79.8 Å². The summed E-state index contributed by atoms with van der Waals surface area (Å²) >= 11 is 0. The minimum absolute atomic E-state index is 0.00167. The summed E-state index contributed by atoms with van der Waals surface area (Å²) in [5.74, 6) is 0.616. The van der Waals surface area contributed by atoms with E-state index in [1.54, 1.807) is 0 Å². The molecule has 4 aliphatic carbocycles. The highest BCUT2D eigenvalue weighted by Gasteiger charge is 2.58. The van der Waals surface area contributed by atoms with Gasteiger partial charge in [-0.3, -0.25) is 0 Å². The van der Waals surface area contributed by atoms with Gasteiger partial charge in [0.25, 0.3) is 6.71 Å². The van der Waals surface area contributed by atoms with Crippen LogP contribution in [0.4, 0.5) is 45.5 Å². The van der Waals surface area contributed by atoms with E-state index in [1.165, 1.54) is 158 Å². The Morgan fingerprint density at radius 2 is 1.02 bits per heavy atom. The second kappa shape index (κ2) is 17.5. The molecule has 0 spiro atoms. The zero-order valence-electron chi connectivity index (χ0n) is 52.4. The van der Waals surface area contributed by atoms with Crippen LogP contribution in [0, 0.1) is 0 Å². The fraction of sp³-hybridized carbons (Fsp3) is 0.500. The molecule has 0 bridgehead atoms. The number of nitrogens with zero attached hydrogens (tertiary/aromatic N) is 3. The van der Waals surface area contributed by atoms with Crippen molar-refractivity contribution in [1.82, 2.24) is 0 Å². The predicted molar refractivity (Wildman–Crippen MR) is 347 cm³/mol. The Morgan fingerprint density at radius 1 is 0.469 bits per heavy atom. The molecule has 2 fully saturated rings. The number of anilines is 8. The number of furan rings is 1. The van der Waals surface area contributed by atoms with Crippen molar-refractivity contribution in [2.45, 2.75) is 244 Å². The fourth-order valence-corrected chi connectivity index (χ4v) is 17.3. The maximum atomic E-state index is 7.91. The molecule has 81 heavy (non-hydrogen) atoms. The van der Waals surface area contributed by atoms with E-state index in [2.05, 4.69) is 229 Å². The van der Waals surface area contributed by atoms with E-state index in [1.807, 2.05) is 0 Å². The number of rotatable bonds is 4. The zero-order valence-corrected chi connectivity index (χ0v) is 52.4. The van der Waals surface area contributed by atoms with Crippen LogP contribution >= 0.6 is 0 Å². The van der Waals surface area contributed by atoms with Gasteiger partial charge < -0.3 is 19.1 Å². The summed E-state index contributed by atoms with van der Waals surface area (Å²) in [7, 11) is 0. The lowest BCUT2D eigenvalue weighted by atomic mass is 9.35. The number of hydrogen-bond acceptors (Lipinski definition) is 4. The molecule has 7 aliphatic rings. The second-order valence-electron chi connectivity index (χ2n) is 32.1. The summed E-state index contributed by atoms with van der Waals surface area (Å²) in [6.45, 7) is 39.4. The van der Waals surface area contributed by atoms with Gasteiger partial charge >= 0.3 is 0 Å². The molecule has 0 radical (unpaired) electrons. The van der Waals surface area contributed by atoms with Crippen LogP contribution in [0.15, 0.2) is 108 Å². The minimum atomic E-state index is -0.158. The SMILES string of the molecule is CC(C)(C)c1cc(N2c3cc4c(cc3B3c5oc6cc7c(cc6c5N(c5ccc(C6CCCCC6)cc5)c5cc(N6c8ccccc8C8(C)CCCCC68C)cc2c53)C(C)(C)CCC7(C)C)C(C)(C)CCC4(C)C)cc(C(C)(C)C)c1. The monoisotopic (exact) mass is 1070 g/mol.